The third-order valence-corrected chi connectivity index (χ3v) is 5.58. The van der Waals surface area contributed by atoms with Gasteiger partial charge in [0.2, 0.25) is 0 Å². The molecule has 2 heteroatoms. The molecule has 0 heterocycles. The molecule has 0 atom stereocenters. The van der Waals surface area contributed by atoms with E-state index < -0.39 is 0 Å². The Hall–Kier alpha value is -2.09. The van der Waals surface area contributed by atoms with Gasteiger partial charge in [-0.2, -0.15) is 0 Å². The topological polar surface area (TPSA) is 20.2 Å². The summed E-state index contributed by atoms with van der Waals surface area (Å²) in [6.07, 6.45) is 4.04. The molecule has 1 aliphatic carbocycles. The van der Waals surface area contributed by atoms with Crippen molar-refractivity contribution in [3.8, 4) is 5.75 Å². The standard InChI is InChI=1S/C25H31FO/c1-6-17-13-19(9-12-22(17)27)23(18-7-10-21(26)11-8-18)20-14-24(2,3)16-25(4,5)15-20/h7-13,27H,6,14-16H2,1-5H3. The Morgan fingerprint density at radius 3 is 2.04 bits per heavy atom. The molecule has 0 bridgehead atoms. The summed E-state index contributed by atoms with van der Waals surface area (Å²) < 4.78 is 13.6. The second kappa shape index (κ2) is 7.14. The molecule has 27 heavy (non-hydrogen) atoms. The van der Waals surface area contributed by atoms with Gasteiger partial charge in [-0.3, -0.25) is 0 Å². The molecule has 0 spiro atoms. The van der Waals surface area contributed by atoms with E-state index in [2.05, 4.69) is 40.7 Å². The van der Waals surface area contributed by atoms with Gasteiger partial charge >= 0.3 is 0 Å². The molecule has 2 aromatic rings. The maximum absolute atomic E-state index is 13.6. The predicted molar refractivity (Wildman–Crippen MR) is 111 cm³/mol. The van der Waals surface area contributed by atoms with Crippen LogP contribution < -0.4 is 0 Å². The van der Waals surface area contributed by atoms with Crippen LogP contribution in [0.3, 0.4) is 0 Å². The van der Waals surface area contributed by atoms with Crippen molar-refractivity contribution in [2.75, 3.05) is 0 Å². The zero-order valence-electron chi connectivity index (χ0n) is 17.2. The fraction of sp³-hybridized carbons (Fsp3) is 0.440. The third-order valence-electron chi connectivity index (χ3n) is 5.58. The molecule has 1 aliphatic rings. The van der Waals surface area contributed by atoms with E-state index in [-0.39, 0.29) is 16.6 Å². The largest absolute Gasteiger partial charge is 0.508 e. The maximum Gasteiger partial charge on any atom is 0.123 e. The lowest BCUT2D eigenvalue weighted by molar-refractivity contribution is 0.154. The van der Waals surface area contributed by atoms with Gasteiger partial charge in [0.15, 0.2) is 0 Å². The first-order chi connectivity index (χ1) is 12.6. The van der Waals surface area contributed by atoms with Crippen LogP contribution in [0.1, 0.15) is 70.6 Å². The van der Waals surface area contributed by atoms with E-state index in [9.17, 15) is 9.50 Å². The molecule has 0 aromatic heterocycles. The highest BCUT2D eigenvalue weighted by Crippen LogP contribution is 2.51. The number of allylic oxidation sites excluding steroid dienone is 1. The third kappa shape index (κ3) is 4.43. The van der Waals surface area contributed by atoms with Crippen molar-refractivity contribution in [3.05, 3.63) is 70.5 Å². The number of phenolic OH excluding ortho intramolecular Hbond substituents is 1. The van der Waals surface area contributed by atoms with Crippen LogP contribution in [-0.2, 0) is 6.42 Å². The van der Waals surface area contributed by atoms with E-state index in [1.54, 1.807) is 6.07 Å². The van der Waals surface area contributed by atoms with Crippen LogP contribution in [0.15, 0.2) is 48.0 Å². The first-order valence-corrected chi connectivity index (χ1v) is 9.90. The predicted octanol–water partition coefficient (Wildman–Crippen LogP) is 7.13. The highest BCUT2D eigenvalue weighted by Gasteiger charge is 2.37. The van der Waals surface area contributed by atoms with E-state index >= 15 is 0 Å². The number of hydrogen-bond acceptors (Lipinski definition) is 1. The van der Waals surface area contributed by atoms with Crippen molar-refractivity contribution < 1.29 is 9.50 Å². The molecular formula is C25H31FO. The lowest BCUT2D eigenvalue weighted by atomic mass is 9.62. The summed E-state index contributed by atoms with van der Waals surface area (Å²) in [4.78, 5) is 0. The minimum absolute atomic E-state index is 0.215. The van der Waals surface area contributed by atoms with Crippen LogP contribution in [-0.4, -0.2) is 5.11 Å². The van der Waals surface area contributed by atoms with Crippen LogP contribution >= 0.6 is 0 Å². The van der Waals surface area contributed by atoms with Crippen LogP contribution in [0.5, 0.6) is 5.75 Å². The summed E-state index contributed by atoms with van der Waals surface area (Å²) in [5.41, 5.74) is 6.19. The number of hydrogen-bond donors (Lipinski definition) is 1. The van der Waals surface area contributed by atoms with E-state index in [1.807, 2.05) is 18.2 Å². The molecular weight excluding hydrogens is 335 g/mol. The molecule has 0 saturated heterocycles. The summed E-state index contributed by atoms with van der Waals surface area (Å²) in [7, 11) is 0. The minimum atomic E-state index is -0.215. The van der Waals surface area contributed by atoms with Gasteiger partial charge in [0.05, 0.1) is 0 Å². The van der Waals surface area contributed by atoms with Crippen molar-refractivity contribution in [1.29, 1.82) is 0 Å². The normalized spacial score (nSPS) is 18.4. The SMILES string of the molecule is CCc1cc(C(=C2CC(C)(C)CC(C)(C)C2)c2ccc(F)cc2)ccc1O. The number of phenols is 1. The summed E-state index contributed by atoms with van der Waals surface area (Å²) in [5.74, 6) is 0.126. The number of aryl methyl sites for hydroxylation is 1. The Kier molecular flexibility index (Phi) is 5.20. The smallest absolute Gasteiger partial charge is 0.123 e. The first kappa shape index (κ1) is 19.7. The van der Waals surface area contributed by atoms with Gasteiger partial charge in [-0.05, 0) is 83.0 Å². The first-order valence-electron chi connectivity index (χ1n) is 9.90. The Morgan fingerprint density at radius 1 is 0.926 bits per heavy atom. The fourth-order valence-corrected chi connectivity index (χ4v) is 5.03. The highest BCUT2D eigenvalue weighted by molar-refractivity contribution is 5.83. The number of halogens is 1. The van der Waals surface area contributed by atoms with Crippen molar-refractivity contribution in [2.45, 2.75) is 60.3 Å². The summed E-state index contributed by atoms with van der Waals surface area (Å²) >= 11 is 0. The molecule has 1 nitrogen and oxygen atoms in total. The molecule has 1 N–H and O–H groups in total. The average molecular weight is 367 g/mol. The van der Waals surface area contributed by atoms with E-state index in [1.165, 1.54) is 29.7 Å². The zero-order chi connectivity index (χ0) is 19.8. The van der Waals surface area contributed by atoms with Crippen molar-refractivity contribution in [1.82, 2.24) is 0 Å². The monoisotopic (exact) mass is 366 g/mol. The van der Waals surface area contributed by atoms with Gasteiger partial charge in [-0.15, -0.1) is 0 Å². The van der Waals surface area contributed by atoms with Gasteiger partial charge in [0, 0.05) is 0 Å². The summed E-state index contributed by atoms with van der Waals surface area (Å²) in [6, 6.07) is 12.7. The number of benzene rings is 2. The Morgan fingerprint density at radius 2 is 1.48 bits per heavy atom. The lowest BCUT2D eigenvalue weighted by Crippen LogP contribution is -2.30. The van der Waals surface area contributed by atoms with Crippen molar-refractivity contribution in [2.24, 2.45) is 10.8 Å². The quantitative estimate of drug-likeness (QED) is 0.612. The van der Waals surface area contributed by atoms with Crippen LogP contribution in [0, 0.1) is 16.6 Å². The van der Waals surface area contributed by atoms with E-state index in [0.717, 1.165) is 36.0 Å². The van der Waals surface area contributed by atoms with Crippen LogP contribution in [0.2, 0.25) is 0 Å². The molecule has 0 unspecified atom stereocenters. The Bertz CT molecular complexity index is 838. The van der Waals surface area contributed by atoms with Crippen molar-refractivity contribution in [3.63, 3.8) is 0 Å². The van der Waals surface area contributed by atoms with Crippen LogP contribution in [0.25, 0.3) is 5.57 Å². The fourth-order valence-electron chi connectivity index (χ4n) is 5.03. The average Bonchev–Trinajstić information content (AvgIpc) is 2.55. The summed E-state index contributed by atoms with van der Waals surface area (Å²) in [5, 5.41) is 10.1. The lowest BCUT2D eigenvalue weighted by Gasteiger charge is -2.43. The molecule has 1 saturated carbocycles. The Balaban J connectivity index is 2.23. The molecule has 0 amide bonds. The van der Waals surface area contributed by atoms with Crippen molar-refractivity contribution >= 4 is 5.57 Å². The second-order valence-corrected chi connectivity index (χ2v) is 9.54. The number of aromatic hydroxyl groups is 1. The van der Waals surface area contributed by atoms with Gasteiger partial charge in [-0.25, -0.2) is 4.39 Å². The zero-order valence-corrected chi connectivity index (χ0v) is 17.2. The highest BCUT2D eigenvalue weighted by atomic mass is 19.1. The molecule has 1 fully saturated rings. The van der Waals surface area contributed by atoms with Gasteiger partial charge in [0.25, 0.3) is 0 Å². The molecule has 0 radical (unpaired) electrons. The minimum Gasteiger partial charge on any atom is -0.508 e. The molecule has 0 aliphatic heterocycles. The summed E-state index contributed by atoms with van der Waals surface area (Å²) in [6.45, 7) is 11.4. The molecule has 3 rings (SSSR count). The molecule has 2 aromatic carbocycles. The van der Waals surface area contributed by atoms with Crippen LogP contribution in [0.4, 0.5) is 4.39 Å². The van der Waals surface area contributed by atoms with E-state index in [4.69, 9.17) is 0 Å². The number of rotatable bonds is 3. The maximum atomic E-state index is 13.6. The van der Waals surface area contributed by atoms with E-state index in [0.29, 0.717) is 5.75 Å². The van der Waals surface area contributed by atoms with Gasteiger partial charge in [0.1, 0.15) is 11.6 Å². The van der Waals surface area contributed by atoms with Gasteiger partial charge < -0.3 is 5.11 Å². The molecule has 144 valence electrons. The Labute approximate surface area is 162 Å². The van der Waals surface area contributed by atoms with Gasteiger partial charge in [-0.1, -0.05) is 58.4 Å². The second-order valence-electron chi connectivity index (χ2n) is 9.54.